The first-order valence-electron chi connectivity index (χ1n) is 5.45. The summed E-state index contributed by atoms with van der Waals surface area (Å²) in [6.07, 6.45) is 2.81. The average molecular weight is 214 g/mol. The fraction of sp³-hybridized carbons (Fsp3) is 0.250. The molecule has 0 bridgehead atoms. The number of aromatic amines is 2. The number of rotatable bonds is 2. The van der Waals surface area contributed by atoms with Crippen LogP contribution in [0.3, 0.4) is 0 Å². The van der Waals surface area contributed by atoms with Gasteiger partial charge >= 0.3 is 0 Å². The molecular weight excluding hydrogens is 200 g/mol. The summed E-state index contributed by atoms with van der Waals surface area (Å²) < 4.78 is 0. The third-order valence-electron chi connectivity index (χ3n) is 2.90. The molecule has 0 fully saturated rings. The second kappa shape index (κ2) is 3.35. The maximum absolute atomic E-state index is 5.63. The summed E-state index contributed by atoms with van der Waals surface area (Å²) >= 11 is 0. The lowest BCUT2D eigenvalue weighted by Crippen LogP contribution is -2.03. The van der Waals surface area contributed by atoms with Crippen LogP contribution in [-0.4, -0.2) is 21.5 Å². The molecule has 1 aromatic carbocycles. The van der Waals surface area contributed by atoms with Crippen molar-refractivity contribution in [2.75, 3.05) is 6.54 Å². The number of hydrogen-bond donors (Lipinski definition) is 3. The summed E-state index contributed by atoms with van der Waals surface area (Å²) in [4.78, 5) is 11.1. The van der Waals surface area contributed by atoms with Gasteiger partial charge in [0.1, 0.15) is 5.82 Å². The molecule has 2 heterocycles. The summed E-state index contributed by atoms with van der Waals surface area (Å²) in [5.41, 5.74) is 10.1. The topological polar surface area (TPSA) is 70.5 Å². The summed E-state index contributed by atoms with van der Waals surface area (Å²) in [6.45, 7) is 2.62. The van der Waals surface area contributed by atoms with E-state index >= 15 is 0 Å². The summed E-state index contributed by atoms with van der Waals surface area (Å²) in [6, 6.07) is 4.24. The van der Waals surface area contributed by atoms with Crippen LogP contribution in [0.15, 0.2) is 18.3 Å². The highest BCUT2D eigenvalue weighted by Gasteiger charge is 2.10. The number of imidazole rings is 1. The van der Waals surface area contributed by atoms with Gasteiger partial charge in [-0.1, -0.05) is 0 Å². The van der Waals surface area contributed by atoms with Gasteiger partial charge in [0.25, 0.3) is 0 Å². The van der Waals surface area contributed by atoms with Gasteiger partial charge < -0.3 is 15.7 Å². The van der Waals surface area contributed by atoms with E-state index in [9.17, 15) is 0 Å². The standard InChI is InChI=1S/C12H14N4/c1-7-15-11-8(2-4-13)6-9-3-5-14-10(9)12(11)16-7/h3,5-6,14H,2,4,13H2,1H3,(H,15,16). The molecule has 82 valence electrons. The fourth-order valence-electron chi connectivity index (χ4n) is 2.23. The molecule has 4 nitrogen and oxygen atoms in total. The summed E-state index contributed by atoms with van der Waals surface area (Å²) in [5, 5.41) is 1.21. The van der Waals surface area contributed by atoms with Crippen molar-refractivity contribution in [1.29, 1.82) is 0 Å². The minimum Gasteiger partial charge on any atom is -0.359 e. The number of nitrogens with one attached hydrogen (secondary N) is 2. The third-order valence-corrected chi connectivity index (χ3v) is 2.90. The van der Waals surface area contributed by atoms with Crippen molar-refractivity contribution in [1.82, 2.24) is 15.0 Å². The van der Waals surface area contributed by atoms with E-state index in [1.54, 1.807) is 0 Å². The molecule has 0 aliphatic heterocycles. The van der Waals surface area contributed by atoms with Crippen molar-refractivity contribution < 1.29 is 0 Å². The van der Waals surface area contributed by atoms with Gasteiger partial charge in [-0.15, -0.1) is 0 Å². The van der Waals surface area contributed by atoms with Crippen LogP contribution in [0.25, 0.3) is 21.9 Å². The van der Waals surface area contributed by atoms with Gasteiger partial charge in [-0.3, -0.25) is 0 Å². The maximum atomic E-state index is 5.63. The molecule has 0 amide bonds. The predicted molar refractivity (Wildman–Crippen MR) is 65.4 cm³/mol. The molecule has 2 aromatic heterocycles. The third kappa shape index (κ3) is 1.23. The molecule has 0 saturated carbocycles. The summed E-state index contributed by atoms with van der Waals surface area (Å²) in [5.74, 6) is 0.940. The molecular formula is C12H14N4. The van der Waals surface area contributed by atoms with E-state index in [2.05, 4.69) is 27.1 Å². The van der Waals surface area contributed by atoms with E-state index in [1.165, 1.54) is 10.9 Å². The van der Waals surface area contributed by atoms with E-state index < -0.39 is 0 Å². The Morgan fingerprint density at radius 2 is 2.25 bits per heavy atom. The second-order valence-corrected chi connectivity index (χ2v) is 4.06. The highest BCUT2D eigenvalue weighted by atomic mass is 14.9. The van der Waals surface area contributed by atoms with E-state index in [0.717, 1.165) is 28.8 Å². The number of aromatic nitrogens is 3. The minimum absolute atomic E-state index is 0.650. The van der Waals surface area contributed by atoms with Gasteiger partial charge in [0.15, 0.2) is 0 Å². The first kappa shape index (κ1) is 9.42. The Balaban J connectivity index is 2.44. The van der Waals surface area contributed by atoms with E-state index in [1.807, 2.05) is 13.1 Å². The zero-order valence-electron chi connectivity index (χ0n) is 9.17. The van der Waals surface area contributed by atoms with Gasteiger partial charge in [0.2, 0.25) is 0 Å². The molecule has 0 unspecified atom stereocenters. The molecule has 4 heteroatoms. The normalized spacial score (nSPS) is 11.6. The van der Waals surface area contributed by atoms with Gasteiger partial charge in [-0.25, -0.2) is 4.98 Å². The van der Waals surface area contributed by atoms with E-state index in [-0.39, 0.29) is 0 Å². The van der Waals surface area contributed by atoms with Crippen molar-refractivity contribution >= 4 is 21.9 Å². The number of benzene rings is 1. The molecule has 0 spiro atoms. The van der Waals surface area contributed by atoms with Gasteiger partial charge in [0, 0.05) is 11.6 Å². The molecule has 3 aromatic rings. The highest BCUT2D eigenvalue weighted by molar-refractivity contribution is 6.03. The van der Waals surface area contributed by atoms with Crippen molar-refractivity contribution in [3.05, 3.63) is 29.7 Å². The van der Waals surface area contributed by atoms with Crippen molar-refractivity contribution in [2.45, 2.75) is 13.3 Å². The van der Waals surface area contributed by atoms with E-state index in [4.69, 9.17) is 5.73 Å². The predicted octanol–water partition coefficient (Wildman–Crippen LogP) is 1.85. The molecule has 3 rings (SSSR count). The second-order valence-electron chi connectivity index (χ2n) is 4.06. The lowest BCUT2D eigenvalue weighted by molar-refractivity contribution is 0.975. The van der Waals surface area contributed by atoms with Crippen LogP contribution in [-0.2, 0) is 6.42 Å². The monoisotopic (exact) mass is 214 g/mol. The lowest BCUT2D eigenvalue weighted by atomic mass is 10.1. The van der Waals surface area contributed by atoms with Crippen molar-refractivity contribution in [3.8, 4) is 0 Å². The molecule has 0 atom stereocenters. The van der Waals surface area contributed by atoms with Crippen LogP contribution in [0.1, 0.15) is 11.4 Å². The number of nitrogens with zero attached hydrogens (tertiary/aromatic N) is 1. The summed E-state index contributed by atoms with van der Waals surface area (Å²) in [7, 11) is 0. The quantitative estimate of drug-likeness (QED) is 0.609. The van der Waals surface area contributed by atoms with Crippen molar-refractivity contribution in [2.24, 2.45) is 5.73 Å². The van der Waals surface area contributed by atoms with Crippen LogP contribution in [0.4, 0.5) is 0 Å². The SMILES string of the molecule is Cc1nc2c(CCN)cc3cc[nH]c3c2[nH]1. The van der Waals surface area contributed by atoms with Crippen LogP contribution in [0.5, 0.6) is 0 Å². The minimum atomic E-state index is 0.650. The Morgan fingerprint density at radius 3 is 3.06 bits per heavy atom. The zero-order chi connectivity index (χ0) is 11.1. The smallest absolute Gasteiger partial charge is 0.104 e. The molecule has 0 aliphatic carbocycles. The maximum Gasteiger partial charge on any atom is 0.104 e. The molecule has 4 N–H and O–H groups in total. The number of fused-ring (bicyclic) bond motifs is 3. The van der Waals surface area contributed by atoms with Crippen LogP contribution in [0.2, 0.25) is 0 Å². The van der Waals surface area contributed by atoms with Crippen LogP contribution < -0.4 is 5.73 Å². The number of aryl methyl sites for hydroxylation is 1. The van der Waals surface area contributed by atoms with Crippen molar-refractivity contribution in [3.63, 3.8) is 0 Å². The van der Waals surface area contributed by atoms with E-state index in [0.29, 0.717) is 6.54 Å². The molecule has 0 aliphatic rings. The Labute approximate surface area is 92.9 Å². The highest BCUT2D eigenvalue weighted by Crippen LogP contribution is 2.26. The van der Waals surface area contributed by atoms with Gasteiger partial charge in [0.05, 0.1) is 16.6 Å². The number of hydrogen-bond acceptors (Lipinski definition) is 2. The van der Waals surface area contributed by atoms with Gasteiger partial charge in [-0.2, -0.15) is 0 Å². The Hall–Kier alpha value is -1.81. The Bertz CT molecular complexity index is 647. The first-order chi connectivity index (χ1) is 7.79. The first-order valence-corrected chi connectivity index (χ1v) is 5.45. The van der Waals surface area contributed by atoms with Gasteiger partial charge in [-0.05, 0) is 37.6 Å². The van der Waals surface area contributed by atoms with Crippen LogP contribution in [0, 0.1) is 6.92 Å². The average Bonchev–Trinajstić information content (AvgIpc) is 2.83. The lowest BCUT2D eigenvalue weighted by Gasteiger charge is -2.01. The fourth-order valence-corrected chi connectivity index (χ4v) is 2.23. The zero-order valence-corrected chi connectivity index (χ0v) is 9.17. The van der Waals surface area contributed by atoms with Crippen LogP contribution >= 0.6 is 0 Å². The number of H-pyrrole nitrogens is 2. The molecule has 0 saturated heterocycles. The molecule has 0 radical (unpaired) electrons. The molecule has 16 heavy (non-hydrogen) atoms. The Morgan fingerprint density at radius 1 is 1.38 bits per heavy atom. The largest absolute Gasteiger partial charge is 0.359 e. The Kier molecular flexibility index (Phi) is 1.97. The number of nitrogens with two attached hydrogens (primary N) is 1.